The van der Waals surface area contributed by atoms with E-state index in [4.69, 9.17) is 0 Å². The Hall–Kier alpha value is -1.18. The highest BCUT2D eigenvalue weighted by Gasteiger charge is 2.18. The summed E-state index contributed by atoms with van der Waals surface area (Å²) < 4.78 is 0.294. The molecule has 0 radical (unpaired) electrons. The number of hydrogen-bond donors (Lipinski definition) is 1. The molecule has 1 aromatic carbocycles. The van der Waals surface area contributed by atoms with Crippen molar-refractivity contribution in [2.45, 2.75) is 6.92 Å². The molecule has 0 atom stereocenters. The van der Waals surface area contributed by atoms with Crippen LogP contribution in [0.25, 0.3) is 0 Å². The Labute approximate surface area is 93.0 Å². The van der Waals surface area contributed by atoms with E-state index < -0.39 is 16.4 Å². The van der Waals surface area contributed by atoms with Crippen LogP contribution in [-0.4, -0.2) is 15.8 Å². The minimum absolute atomic E-state index is 0.221. The van der Waals surface area contributed by atoms with Gasteiger partial charge in [-0.2, -0.15) is 0 Å². The Bertz CT molecular complexity index is 416. The van der Waals surface area contributed by atoms with Gasteiger partial charge in [0, 0.05) is 11.6 Å². The van der Waals surface area contributed by atoms with E-state index in [-0.39, 0.29) is 11.3 Å². The van der Waals surface area contributed by atoms with E-state index in [1.54, 1.807) is 22.6 Å². The van der Waals surface area contributed by atoms with Gasteiger partial charge in [0.2, 0.25) is 5.75 Å². The standard InChI is InChI=1S/C8H6INO4/c1-4(11)5-2-6(9)8(12)7(3-5)10(13)14/h2-3,12H,1H3. The number of nitro benzene ring substituents is 1. The molecule has 0 saturated heterocycles. The molecular weight excluding hydrogens is 301 g/mol. The highest BCUT2D eigenvalue weighted by atomic mass is 127. The van der Waals surface area contributed by atoms with Gasteiger partial charge < -0.3 is 5.11 Å². The van der Waals surface area contributed by atoms with Crippen molar-refractivity contribution in [2.24, 2.45) is 0 Å². The molecule has 5 nitrogen and oxygen atoms in total. The number of benzene rings is 1. The largest absolute Gasteiger partial charge is 0.501 e. The predicted octanol–water partition coefficient (Wildman–Crippen LogP) is 2.11. The van der Waals surface area contributed by atoms with Crippen molar-refractivity contribution >= 4 is 34.1 Å². The lowest BCUT2D eigenvalue weighted by atomic mass is 10.1. The normalized spacial score (nSPS) is 9.86. The van der Waals surface area contributed by atoms with Crippen molar-refractivity contribution in [1.82, 2.24) is 0 Å². The number of nitrogens with zero attached hydrogens (tertiary/aromatic N) is 1. The average molecular weight is 307 g/mol. The molecule has 0 aromatic heterocycles. The van der Waals surface area contributed by atoms with Crippen LogP contribution < -0.4 is 0 Å². The van der Waals surface area contributed by atoms with Crippen LogP contribution in [0.3, 0.4) is 0 Å². The predicted molar refractivity (Wildman–Crippen MR) is 57.5 cm³/mol. The van der Waals surface area contributed by atoms with Crippen molar-refractivity contribution in [3.05, 3.63) is 31.4 Å². The number of aromatic hydroxyl groups is 1. The Balaban J connectivity index is 3.43. The molecule has 0 heterocycles. The molecule has 0 saturated carbocycles. The van der Waals surface area contributed by atoms with E-state index in [9.17, 15) is 20.0 Å². The topological polar surface area (TPSA) is 80.4 Å². The summed E-state index contributed by atoms with van der Waals surface area (Å²) in [7, 11) is 0. The summed E-state index contributed by atoms with van der Waals surface area (Å²) in [5.74, 6) is -0.674. The van der Waals surface area contributed by atoms with Crippen LogP contribution in [0.1, 0.15) is 17.3 Å². The maximum absolute atomic E-state index is 11.0. The van der Waals surface area contributed by atoms with Gasteiger partial charge in [0.25, 0.3) is 0 Å². The van der Waals surface area contributed by atoms with E-state index >= 15 is 0 Å². The maximum atomic E-state index is 11.0. The molecule has 0 aliphatic rings. The number of rotatable bonds is 2. The first-order valence-corrected chi connectivity index (χ1v) is 4.69. The zero-order valence-corrected chi connectivity index (χ0v) is 9.31. The summed E-state index contributed by atoms with van der Waals surface area (Å²) in [4.78, 5) is 20.7. The second-order valence-electron chi connectivity index (χ2n) is 2.64. The van der Waals surface area contributed by atoms with Gasteiger partial charge in [-0.05, 0) is 35.6 Å². The number of ketones is 1. The zero-order chi connectivity index (χ0) is 10.9. The number of halogens is 1. The van der Waals surface area contributed by atoms with Crippen molar-refractivity contribution in [2.75, 3.05) is 0 Å². The molecule has 0 aliphatic carbocycles. The van der Waals surface area contributed by atoms with Gasteiger partial charge in [-0.3, -0.25) is 14.9 Å². The van der Waals surface area contributed by atoms with Crippen molar-refractivity contribution in [3.8, 4) is 5.75 Å². The molecule has 0 fully saturated rings. The van der Waals surface area contributed by atoms with Gasteiger partial charge >= 0.3 is 5.69 Å². The Kier molecular flexibility index (Phi) is 3.04. The van der Waals surface area contributed by atoms with E-state index in [0.717, 1.165) is 6.07 Å². The fraction of sp³-hybridized carbons (Fsp3) is 0.125. The summed E-state index contributed by atoms with van der Waals surface area (Å²) in [6.45, 7) is 1.31. The third kappa shape index (κ3) is 2.00. The van der Waals surface area contributed by atoms with Gasteiger partial charge in [0.15, 0.2) is 5.78 Å². The third-order valence-electron chi connectivity index (χ3n) is 1.65. The average Bonchev–Trinajstić information content (AvgIpc) is 2.08. The van der Waals surface area contributed by atoms with Gasteiger partial charge in [-0.1, -0.05) is 0 Å². The fourth-order valence-corrected chi connectivity index (χ4v) is 1.54. The number of Topliss-reactive ketones (excluding diaryl/α,β-unsaturated/α-hetero) is 1. The van der Waals surface area contributed by atoms with Gasteiger partial charge in [-0.25, -0.2) is 0 Å². The van der Waals surface area contributed by atoms with Gasteiger partial charge in [-0.15, -0.1) is 0 Å². The number of carbonyl (C=O) groups excluding carboxylic acids is 1. The van der Waals surface area contributed by atoms with Crippen LogP contribution in [0.2, 0.25) is 0 Å². The molecule has 74 valence electrons. The maximum Gasteiger partial charge on any atom is 0.312 e. The number of phenols is 1. The van der Waals surface area contributed by atoms with E-state index in [1.165, 1.54) is 13.0 Å². The van der Waals surface area contributed by atoms with Crippen LogP contribution in [-0.2, 0) is 0 Å². The summed E-state index contributed by atoms with van der Waals surface area (Å²) in [6, 6.07) is 2.48. The second-order valence-corrected chi connectivity index (χ2v) is 3.80. The third-order valence-corrected chi connectivity index (χ3v) is 2.47. The number of hydrogen-bond acceptors (Lipinski definition) is 4. The molecule has 1 N–H and O–H groups in total. The minimum atomic E-state index is -0.718. The molecular formula is C8H6INO4. The summed E-state index contributed by atoms with van der Waals surface area (Å²) >= 11 is 1.74. The summed E-state index contributed by atoms with van der Waals surface area (Å²) in [5, 5.41) is 19.8. The second kappa shape index (κ2) is 3.91. The van der Waals surface area contributed by atoms with Crippen LogP contribution >= 0.6 is 22.6 Å². The quantitative estimate of drug-likeness (QED) is 0.393. The first-order chi connectivity index (χ1) is 6.43. The molecule has 0 unspecified atom stereocenters. The fourth-order valence-electron chi connectivity index (χ4n) is 0.927. The Morgan fingerprint density at radius 1 is 1.57 bits per heavy atom. The number of nitro groups is 1. The Morgan fingerprint density at radius 3 is 2.57 bits per heavy atom. The SMILES string of the molecule is CC(=O)c1cc(I)c(O)c([N+](=O)[O-])c1. The first-order valence-electron chi connectivity index (χ1n) is 3.61. The van der Waals surface area contributed by atoms with Crippen LogP contribution in [0.4, 0.5) is 5.69 Å². The van der Waals surface area contributed by atoms with Crippen molar-refractivity contribution in [3.63, 3.8) is 0 Å². The van der Waals surface area contributed by atoms with Gasteiger partial charge in [0.1, 0.15) is 0 Å². The lowest BCUT2D eigenvalue weighted by Gasteiger charge is -2.01. The summed E-state index contributed by atoms with van der Waals surface area (Å²) in [5.41, 5.74) is -0.221. The van der Waals surface area contributed by atoms with Crippen LogP contribution in [0.5, 0.6) is 5.75 Å². The summed E-state index contributed by atoms with van der Waals surface area (Å²) in [6.07, 6.45) is 0. The van der Waals surface area contributed by atoms with Crippen molar-refractivity contribution < 1.29 is 14.8 Å². The molecule has 0 amide bonds. The molecule has 14 heavy (non-hydrogen) atoms. The minimum Gasteiger partial charge on any atom is -0.501 e. The smallest absolute Gasteiger partial charge is 0.312 e. The van der Waals surface area contributed by atoms with Gasteiger partial charge in [0.05, 0.1) is 8.49 Å². The monoisotopic (exact) mass is 307 g/mol. The first kappa shape index (κ1) is 10.9. The zero-order valence-electron chi connectivity index (χ0n) is 7.15. The highest BCUT2D eigenvalue weighted by molar-refractivity contribution is 14.1. The molecule has 6 heteroatoms. The molecule has 0 bridgehead atoms. The lowest BCUT2D eigenvalue weighted by Crippen LogP contribution is -1.97. The van der Waals surface area contributed by atoms with E-state index in [0.29, 0.717) is 3.57 Å². The molecule has 0 aliphatic heterocycles. The van der Waals surface area contributed by atoms with Crippen LogP contribution in [0, 0.1) is 13.7 Å². The molecule has 0 spiro atoms. The molecule has 1 aromatic rings. The highest BCUT2D eigenvalue weighted by Crippen LogP contribution is 2.32. The number of carbonyl (C=O) groups is 1. The van der Waals surface area contributed by atoms with Crippen LogP contribution in [0.15, 0.2) is 12.1 Å². The van der Waals surface area contributed by atoms with Crippen molar-refractivity contribution in [1.29, 1.82) is 0 Å². The van der Waals surface area contributed by atoms with E-state index in [1.807, 2.05) is 0 Å². The lowest BCUT2D eigenvalue weighted by molar-refractivity contribution is -0.386. The molecule has 1 rings (SSSR count). The van der Waals surface area contributed by atoms with E-state index in [2.05, 4.69) is 0 Å². The Morgan fingerprint density at radius 2 is 2.14 bits per heavy atom. The number of phenolic OH excluding ortho intramolecular Hbond substituents is 1.